The number of benzene rings is 4. The third-order valence-corrected chi connectivity index (χ3v) is 18.4. The van der Waals surface area contributed by atoms with Crippen molar-refractivity contribution < 1.29 is 38.2 Å². The highest BCUT2D eigenvalue weighted by atomic mass is 16.5. The van der Waals surface area contributed by atoms with Crippen molar-refractivity contribution >= 4 is 35.3 Å². The normalized spacial score (nSPS) is 20.9. The Morgan fingerprint density at radius 3 is 1.42 bits per heavy atom. The molecule has 0 aromatic heterocycles. The van der Waals surface area contributed by atoms with Gasteiger partial charge in [0, 0.05) is 88.8 Å². The van der Waals surface area contributed by atoms with Gasteiger partial charge in [-0.2, -0.15) is 0 Å². The second-order valence-corrected chi connectivity index (χ2v) is 24.1. The van der Waals surface area contributed by atoms with Crippen molar-refractivity contribution in [2.24, 2.45) is 29.6 Å². The van der Waals surface area contributed by atoms with Gasteiger partial charge in [0.2, 0.25) is 17.7 Å². The van der Waals surface area contributed by atoms with Crippen molar-refractivity contribution in [3.63, 3.8) is 0 Å². The smallest absolute Gasteiger partial charge is 0.253 e. The molecule has 13 heteroatoms. The Morgan fingerprint density at radius 1 is 0.568 bits per heavy atom. The van der Waals surface area contributed by atoms with E-state index in [9.17, 15) is 28.8 Å². The van der Waals surface area contributed by atoms with Crippen LogP contribution in [0.25, 0.3) is 11.1 Å². The molecule has 2 saturated carbocycles. The van der Waals surface area contributed by atoms with Crippen molar-refractivity contribution in [1.29, 1.82) is 0 Å². The Hall–Kier alpha value is -6.18. The molecule has 0 radical (unpaired) electrons. The van der Waals surface area contributed by atoms with E-state index in [-0.39, 0.29) is 95.6 Å². The van der Waals surface area contributed by atoms with Crippen LogP contribution in [-0.2, 0) is 41.5 Å². The SMILES string of the molecule is CC[C@@H](C)C(=O)N[C@H](C(=O)N1C[C@@H](OC)C[C@H]1CN(CCc1ccccc1)C(=O)c1ccc(-c2ccc(C(=O)N(CCc3ccccc3)C[C@@H]3C[C@H](OC)CN3C(=O)[C@@H](CC(=O)C(C)C)C3CCCCC3)cc2)cc1)C1CCCCC1. The molecule has 0 unspecified atom stereocenters. The van der Waals surface area contributed by atoms with Crippen LogP contribution < -0.4 is 5.32 Å². The molecule has 2 aliphatic carbocycles. The van der Waals surface area contributed by atoms with E-state index < -0.39 is 6.04 Å². The van der Waals surface area contributed by atoms with E-state index in [2.05, 4.69) is 29.6 Å². The van der Waals surface area contributed by atoms with E-state index in [0.717, 1.165) is 86.5 Å². The number of carbonyl (C=O) groups is 6. The van der Waals surface area contributed by atoms with Crippen molar-refractivity contribution in [3.8, 4) is 11.1 Å². The number of amides is 5. The molecule has 7 atom stereocenters. The van der Waals surface area contributed by atoms with E-state index >= 15 is 0 Å². The van der Waals surface area contributed by atoms with Gasteiger partial charge in [-0.05, 0) is 116 Å². The number of hydrogen-bond donors (Lipinski definition) is 1. The second-order valence-electron chi connectivity index (χ2n) is 24.1. The van der Waals surface area contributed by atoms with Crippen molar-refractivity contribution in [2.75, 3.05) is 53.5 Å². The van der Waals surface area contributed by atoms with Crippen molar-refractivity contribution in [2.45, 2.75) is 161 Å². The Bertz CT molecular complexity index is 2670. The average Bonchev–Trinajstić information content (AvgIpc) is 4.17. The summed E-state index contributed by atoms with van der Waals surface area (Å²) >= 11 is 0. The van der Waals surface area contributed by atoms with E-state index in [1.807, 2.05) is 132 Å². The van der Waals surface area contributed by atoms with Crippen LogP contribution in [0.1, 0.15) is 149 Å². The third kappa shape index (κ3) is 16.1. The lowest BCUT2D eigenvalue weighted by atomic mass is 9.76. The average molecular weight is 1110 g/mol. The summed E-state index contributed by atoms with van der Waals surface area (Å²) in [5, 5.41) is 3.20. The first-order valence-electron chi connectivity index (χ1n) is 30.6. The number of nitrogens with one attached hydrogen (secondary N) is 1. The Labute approximate surface area is 482 Å². The molecule has 13 nitrogen and oxygen atoms in total. The second kappa shape index (κ2) is 29.7. The standard InChI is InChI=1S/C68H91N5O8/c1-7-48(4)64(75)69-63(54-26-18-11-19-27-54)68(79)73-46-60(81-6)41-58(73)44-71(39-37-50-22-14-9-15-23-50)66(77)56-34-30-52(31-35-56)51-28-32-55(33-29-51)65(76)70(38-36-49-20-12-8-13-21-49)43-57-40-59(80-5)45-72(57)67(78)61(42-62(74)47(2)3)53-24-16-10-17-25-53/h8-9,12-15,20-23,28-35,47-48,53-54,57-61,63H,7,10-11,16-19,24-27,36-46H2,1-6H3,(H,69,75)/t48-,57+,58+,59+,60+,61+,63+/m1/s1. The molecule has 2 heterocycles. The highest BCUT2D eigenvalue weighted by molar-refractivity contribution is 5.96. The molecule has 0 bridgehead atoms. The largest absolute Gasteiger partial charge is 0.380 e. The Morgan fingerprint density at radius 2 is 1.00 bits per heavy atom. The maximum absolute atomic E-state index is 14.8. The van der Waals surface area contributed by atoms with E-state index in [0.29, 0.717) is 82.5 Å². The number of nitrogens with zero attached hydrogens (tertiary/aromatic N) is 4. The predicted octanol–water partition coefficient (Wildman–Crippen LogP) is 10.9. The summed E-state index contributed by atoms with van der Waals surface area (Å²) < 4.78 is 11.8. The zero-order chi connectivity index (χ0) is 57.4. The first-order chi connectivity index (χ1) is 39.2. The number of methoxy groups -OCH3 is 2. The minimum Gasteiger partial charge on any atom is -0.380 e. The van der Waals surface area contributed by atoms with Crippen LogP contribution in [0.3, 0.4) is 0 Å². The van der Waals surface area contributed by atoms with Gasteiger partial charge in [0.25, 0.3) is 11.8 Å². The van der Waals surface area contributed by atoms with Crippen LogP contribution in [0, 0.1) is 29.6 Å². The summed E-state index contributed by atoms with van der Waals surface area (Å²) in [5.74, 6) is -0.815. The zero-order valence-electron chi connectivity index (χ0n) is 49.3. The van der Waals surface area contributed by atoms with Gasteiger partial charge in [-0.1, -0.05) is 151 Å². The topological polar surface area (TPSA) is 146 Å². The van der Waals surface area contributed by atoms with Gasteiger partial charge < -0.3 is 34.4 Å². The minimum absolute atomic E-state index is 0.0171. The highest BCUT2D eigenvalue weighted by Crippen LogP contribution is 2.37. The molecular weight excluding hydrogens is 1010 g/mol. The van der Waals surface area contributed by atoms with Gasteiger partial charge in [0.15, 0.2) is 0 Å². The Balaban J connectivity index is 0.998. The Kier molecular flexibility index (Phi) is 22.3. The summed E-state index contributed by atoms with van der Waals surface area (Å²) in [5.41, 5.74) is 5.06. The number of carbonyl (C=O) groups excluding carboxylic acids is 6. The van der Waals surface area contributed by atoms with E-state index in [1.165, 1.54) is 0 Å². The fourth-order valence-corrected chi connectivity index (χ4v) is 13.0. The molecule has 5 amide bonds. The first kappa shape index (κ1) is 60.9. The molecule has 4 aliphatic rings. The summed E-state index contributed by atoms with van der Waals surface area (Å²) in [4.78, 5) is 93.7. The summed E-state index contributed by atoms with van der Waals surface area (Å²) in [6.07, 6.45) is 13.2. The number of likely N-dealkylation sites (tertiary alicyclic amines) is 2. The number of rotatable bonds is 25. The molecule has 4 fully saturated rings. The highest BCUT2D eigenvalue weighted by Gasteiger charge is 2.44. The minimum atomic E-state index is -0.626. The van der Waals surface area contributed by atoms with Gasteiger partial charge in [-0.3, -0.25) is 28.8 Å². The lowest BCUT2D eigenvalue weighted by molar-refractivity contribution is -0.142. The van der Waals surface area contributed by atoms with Crippen LogP contribution in [0.5, 0.6) is 0 Å². The van der Waals surface area contributed by atoms with Gasteiger partial charge in [0.1, 0.15) is 11.8 Å². The molecule has 436 valence electrons. The molecular formula is C68H91N5O8. The summed E-state index contributed by atoms with van der Waals surface area (Å²) in [6.45, 7) is 10.1. The van der Waals surface area contributed by atoms with Crippen molar-refractivity contribution in [3.05, 3.63) is 131 Å². The van der Waals surface area contributed by atoms with Crippen LogP contribution in [0.4, 0.5) is 0 Å². The molecule has 0 spiro atoms. The van der Waals surface area contributed by atoms with E-state index in [4.69, 9.17) is 9.47 Å². The lowest BCUT2D eigenvalue weighted by Crippen LogP contribution is -2.56. The molecule has 4 aromatic carbocycles. The lowest BCUT2D eigenvalue weighted by Gasteiger charge is -2.37. The first-order valence-corrected chi connectivity index (χ1v) is 30.6. The number of hydrogen-bond acceptors (Lipinski definition) is 8. The fourth-order valence-electron chi connectivity index (χ4n) is 13.0. The maximum Gasteiger partial charge on any atom is 0.253 e. The van der Waals surface area contributed by atoms with Gasteiger partial charge in [0.05, 0.1) is 24.3 Å². The van der Waals surface area contributed by atoms with Gasteiger partial charge in [-0.15, -0.1) is 0 Å². The molecule has 2 saturated heterocycles. The maximum atomic E-state index is 14.8. The molecule has 8 rings (SSSR count). The predicted molar refractivity (Wildman–Crippen MR) is 318 cm³/mol. The monoisotopic (exact) mass is 1110 g/mol. The number of ether oxygens (including phenoxy) is 2. The third-order valence-electron chi connectivity index (χ3n) is 18.4. The van der Waals surface area contributed by atoms with Crippen molar-refractivity contribution in [1.82, 2.24) is 24.9 Å². The molecule has 81 heavy (non-hydrogen) atoms. The quantitative estimate of drug-likeness (QED) is 0.0690. The van der Waals surface area contributed by atoms with Crippen LogP contribution in [-0.4, -0.2) is 139 Å². The molecule has 2 aliphatic heterocycles. The van der Waals surface area contributed by atoms with Crippen LogP contribution in [0.2, 0.25) is 0 Å². The summed E-state index contributed by atoms with van der Waals surface area (Å²) in [7, 11) is 3.36. The van der Waals surface area contributed by atoms with Gasteiger partial charge in [-0.25, -0.2) is 0 Å². The fraction of sp³-hybridized carbons (Fsp3) is 0.559. The van der Waals surface area contributed by atoms with E-state index in [1.54, 1.807) is 14.2 Å². The number of Topliss-reactive ketones (excluding diaryl/α,β-unsaturated/α-hetero) is 1. The van der Waals surface area contributed by atoms with Crippen LogP contribution >= 0.6 is 0 Å². The van der Waals surface area contributed by atoms with Gasteiger partial charge >= 0.3 is 0 Å². The molecule has 1 N–H and O–H groups in total. The summed E-state index contributed by atoms with van der Waals surface area (Å²) in [6, 6.07) is 34.3. The van der Waals surface area contributed by atoms with Crippen LogP contribution in [0.15, 0.2) is 109 Å². The number of ketones is 1. The zero-order valence-corrected chi connectivity index (χ0v) is 49.3. The molecule has 4 aromatic rings.